The van der Waals surface area contributed by atoms with Gasteiger partial charge in [0.25, 0.3) is 5.91 Å². The lowest BCUT2D eigenvalue weighted by Crippen LogP contribution is -2.43. The zero-order chi connectivity index (χ0) is 23.7. The van der Waals surface area contributed by atoms with E-state index in [9.17, 15) is 14.4 Å². The number of halogens is 2. The smallest absolute Gasteiger partial charge is 0.325 e. The second-order valence-corrected chi connectivity index (χ2v) is 9.95. The third-order valence-corrected chi connectivity index (χ3v) is 6.22. The fourth-order valence-electron chi connectivity index (χ4n) is 3.60. The summed E-state index contributed by atoms with van der Waals surface area (Å²) in [5.41, 5.74) is 1.40. The Hall–Kier alpha value is -2.57. The highest BCUT2D eigenvalue weighted by molar-refractivity contribution is 6.35. The number of carbonyl (C=O) groups excluding carboxylic acids is 3. The van der Waals surface area contributed by atoms with E-state index in [1.165, 1.54) is 0 Å². The second kappa shape index (κ2) is 9.12. The molecule has 1 fully saturated rings. The number of hydrogen-bond donors (Lipinski definition) is 2. The monoisotopic (exact) mass is 475 g/mol. The van der Waals surface area contributed by atoms with E-state index in [4.69, 9.17) is 23.2 Å². The topological polar surface area (TPSA) is 78.5 Å². The third-order valence-electron chi connectivity index (χ3n) is 5.64. The van der Waals surface area contributed by atoms with Crippen LogP contribution in [0.4, 0.5) is 4.79 Å². The molecule has 2 aromatic carbocycles. The number of hydrogen-bond acceptors (Lipinski definition) is 3. The van der Waals surface area contributed by atoms with E-state index in [0.29, 0.717) is 28.6 Å². The average Bonchev–Trinajstić information content (AvgIpc) is 2.93. The van der Waals surface area contributed by atoms with Crippen LogP contribution in [0.3, 0.4) is 0 Å². The molecule has 4 amide bonds. The van der Waals surface area contributed by atoms with Gasteiger partial charge in [-0.05, 0) is 47.6 Å². The molecule has 1 heterocycles. The maximum Gasteiger partial charge on any atom is 0.325 e. The maximum atomic E-state index is 13.1. The zero-order valence-electron chi connectivity index (χ0n) is 18.6. The molecule has 0 spiro atoms. The first-order valence-electron chi connectivity index (χ1n) is 10.4. The van der Waals surface area contributed by atoms with E-state index in [1.54, 1.807) is 25.1 Å². The SMILES string of the molecule is CC(C)(C)c1ccc(C2(C)NC(=O)N(CC(=O)NCCc3ccc(Cl)cc3Cl)C2=O)cc1. The van der Waals surface area contributed by atoms with Gasteiger partial charge in [-0.2, -0.15) is 0 Å². The summed E-state index contributed by atoms with van der Waals surface area (Å²) in [5, 5.41) is 6.52. The molecule has 0 aliphatic carbocycles. The number of carbonyl (C=O) groups is 3. The standard InChI is InChI=1S/C24H27Cl2N3O3/c1-23(2,3)16-6-8-17(9-7-16)24(4)21(31)29(22(32)28-24)14-20(30)27-12-11-15-5-10-18(25)13-19(15)26/h5-10,13H,11-12,14H2,1-4H3,(H,27,30)(H,28,32). The molecule has 32 heavy (non-hydrogen) atoms. The largest absolute Gasteiger partial charge is 0.354 e. The molecule has 1 saturated heterocycles. The Balaban J connectivity index is 1.62. The van der Waals surface area contributed by atoms with Crippen LogP contribution in [0.1, 0.15) is 44.4 Å². The summed E-state index contributed by atoms with van der Waals surface area (Å²) in [6.07, 6.45) is 0.500. The van der Waals surface area contributed by atoms with Gasteiger partial charge in [-0.15, -0.1) is 0 Å². The normalized spacial score (nSPS) is 18.6. The molecule has 2 aromatic rings. The summed E-state index contributed by atoms with van der Waals surface area (Å²) in [6.45, 7) is 7.93. The quantitative estimate of drug-likeness (QED) is 0.606. The summed E-state index contributed by atoms with van der Waals surface area (Å²) >= 11 is 12.0. The molecule has 1 atom stereocenters. The van der Waals surface area contributed by atoms with Crippen molar-refractivity contribution >= 4 is 41.0 Å². The van der Waals surface area contributed by atoms with Crippen molar-refractivity contribution in [2.45, 2.75) is 45.1 Å². The molecule has 0 radical (unpaired) electrons. The fraction of sp³-hybridized carbons (Fsp3) is 0.375. The number of urea groups is 1. The Morgan fingerprint density at radius 1 is 1.09 bits per heavy atom. The minimum atomic E-state index is -1.22. The van der Waals surface area contributed by atoms with Crippen LogP contribution in [0.5, 0.6) is 0 Å². The molecule has 1 aliphatic rings. The first-order chi connectivity index (χ1) is 14.9. The van der Waals surface area contributed by atoms with Gasteiger partial charge in [0.1, 0.15) is 12.1 Å². The highest BCUT2D eigenvalue weighted by atomic mass is 35.5. The van der Waals surface area contributed by atoms with Crippen LogP contribution in [0.25, 0.3) is 0 Å². The second-order valence-electron chi connectivity index (χ2n) is 9.11. The van der Waals surface area contributed by atoms with Crippen molar-refractivity contribution in [3.8, 4) is 0 Å². The zero-order valence-corrected chi connectivity index (χ0v) is 20.1. The molecular weight excluding hydrogens is 449 g/mol. The van der Waals surface area contributed by atoms with Crippen molar-refractivity contribution in [1.82, 2.24) is 15.5 Å². The van der Waals surface area contributed by atoms with Gasteiger partial charge in [0.2, 0.25) is 5.91 Å². The van der Waals surface area contributed by atoms with E-state index in [2.05, 4.69) is 31.4 Å². The lowest BCUT2D eigenvalue weighted by Gasteiger charge is -2.24. The molecule has 2 N–H and O–H groups in total. The number of amides is 4. The summed E-state index contributed by atoms with van der Waals surface area (Å²) in [4.78, 5) is 38.9. The first-order valence-corrected chi connectivity index (χ1v) is 11.1. The average molecular weight is 476 g/mol. The van der Waals surface area contributed by atoms with E-state index in [0.717, 1.165) is 16.0 Å². The van der Waals surface area contributed by atoms with Gasteiger partial charge in [-0.25, -0.2) is 4.79 Å². The molecule has 1 unspecified atom stereocenters. The molecular formula is C24H27Cl2N3O3. The Morgan fingerprint density at radius 2 is 1.75 bits per heavy atom. The molecule has 1 aliphatic heterocycles. The highest BCUT2D eigenvalue weighted by Crippen LogP contribution is 2.31. The van der Waals surface area contributed by atoms with Crippen LogP contribution in [0.15, 0.2) is 42.5 Å². The molecule has 0 aromatic heterocycles. The summed E-state index contributed by atoms with van der Waals surface area (Å²) < 4.78 is 0. The number of nitrogens with zero attached hydrogens (tertiary/aromatic N) is 1. The van der Waals surface area contributed by atoms with Crippen molar-refractivity contribution < 1.29 is 14.4 Å². The maximum absolute atomic E-state index is 13.1. The molecule has 6 nitrogen and oxygen atoms in total. The van der Waals surface area contributed by atoms with Gasteiger partial charge < -0.3 is 10.6 Å². The van der Waals surface area contributed by atoms with E-state index in [-0.39, 0.29) is 12.0 Å². The van der Waals surface area contributed by atoms with Crippen molar-refractivity contribution in [3.05, 3.63) is 69.2 Å². The predicted octanol–water partition coefficient (Wildman–Crippen LogP) is 4.42. The van der Waals surface area contributed by atoms with Crippen molar-refractivity contribution in [3.63, 3.8) is 0 Å². The summed E-state index contributed by atoms with van der Waals surface area (Å²) in [6, 6.07) is 12.2. The van der Waals surface area contributed by atoms with Crippen LogP contribution in [0, 0.1) is 0 Å². The van der Waals surface area contributed by atoms with Gasteiger partial charge in [-0.3, -0.25) is 14.5 Å². The molecule has 3 rings (SSSR count). The van der Waals surface area contributed by atoms with Gasteiger partial charge in [0, 0.05) is 16.6 Å². The third kappa shape index (κ3) is 5.08. The predicted molar refractivity (Wildman–Crippen MR) is 126 cm³/mol. The van der Waals surface area contributed by atoms with Crippen LogP contribution < -0.4 is 10.6 Å². The van der Waals surface area contributed by atoms with Crippen LogP contribution >= 0.6 is 23.2 Å². The first kappa shape index (κ1) is 24.1. The Labute approximate surface area is 198 Å². The summed E-state index contributed by atoms with van der Waals surface area (Å²) in [5.74, 6) is -0.882. The van der Waals surface area contributed by atoms with Gasteiger partial charge in [0.05, 0.1) is 0 Å². The fourth-order valence-corrected chi connectivity index (χ4v) is 4.10. The van der Waals surface area contributed by atoms with E-state index >= 15 is 0 Å². The highest BCUT2D eigenvalue weighted by Gasteiger charge is 2.49. The van der Waals surface area contributed by atoms with Gasteiger partial charge in [-0.1, -0.05) is 74.3 Å². The molecule has 8 heteroatoms. The van der Waals surface area contributed by atoms with Gasteiger partial charge >= 0.3 is 6.03 Å². The number of imide groups is 1. The minimum Gasteiger partial charge on any atom is -0.354 e. The van der Waals surface area contributed by atoms with Crippen molar-refractivity contribution in [2.24, 2.45) is 0 Å². The number of nitrogens with one attached hydrogen (secondary N) is 2. The Morgan fingerprint density at radius 3 is 2.34 bits per heavy atom. The molecule has 0 bridgehead atoms. The Bertz CT molecular complexity index is 1050. The van der Waals surface area contributed by atoms with Gasteiger partial charge in [0.15, 0.2) is 0 Å². The Kier molecular flexibility index (Phi) is 6.86. The lowest BCUT2D eigenvalue weighted by atomic mass is 9.84. The lowest BCUT2D eigenvalue weighted by molar-refractivity contribution is -0.134. The van der Waals surface area contributed by atoms with E-state index in [1.807, 2.05) is 24.3 Å². The van der Waals surface area contributed by atoms with Crippen LogP contribution in [-0.4, -0.2) is 35.8 Å². The van der Waals surface area contributed by atoms with Crippen molar-refractivity contribution in [2.75, 3.05) is 13.1 Å². The number of benzene rings is 2. The molecule has 0 saturated carbocycles. The van der Waals surface area contributed by atoms with Crippen LogP contribution in [0.2, 0.25) is 10.0 Å². The summed E-state index contributed by atoms with van der Waals surface area (Å²) in [7, 11) is 0. The minimum absolute atomic E-state index is 0.0251. The number of rotatable bonds is 6. The van der Waals surface area contributed by atoms with Crippen molar-refractivity contribution in [1.29, 1.82) is 0 Å². The van der Waals surface area contributed by atoms with Crippen LogP contribution in [-0.2, 0) is 27.0 Å². The van der Waals surface area contributed by atoms with E-state index < -0.39 is 23.4 Å². The molecule has 170 valence electrons.